The number of carbonyl (C=O) groups is 1. The number of nitroso groups, excluding NO2 is 1. The molecule has 0 saturated carbocycles. The van der Waals surface area contributed by atoms with E-state index < -0.39 is 23.1 Å². The van der Waals surface area contributed by atoms with Crippen molar-refractivity contribution in [2.45, 2.75) is 32.2 Å². The maximum Gasteiger partial charge on any atom is 0.286 e. The average Bonchev–Trinajstić information content (AvgIpc) is 2.82. The standard InChI is InChI=1S/C24H21F2N7O2/c1-14-19(17-6-16(9-27)21(30-10-17)33-12-23(2,13-33)32-35)8-18(11-29-14)31-22(34)15-4-5-28-20(7-15)24(3,25)26/h4-8,10-11H,12-13H2,1-3H3,(H,31,34). The first-order chi connectivity index (χ1) is 16.5. The van der Waals surface area contributed by atoms with Crippen LogP contribution in [0.1, 0.15) is 41.2 Å². The molecule has 0 unspecified atom stereocenters. The Hall–Kier alpha value is -4.33. The van der Waals surface area contributed by atoms with Crippen LogP contribution in [-0.2, 0) is 5.92 Å². The Labute approximate surface area is 199 Å². The third-order valence-corrected chi connectivity index (χ3v) is 5.70. The van der Waals surface area contributed by atoms with Crippen LogP contribution in [0, 0.1) is 23.2 Å². The summed E-state index contributed by atoms with van der Waals surface area (Å²) in [6.45, 7) is 4.98. The van der Waals surface area contributed by atoms with E-state index in [-0.39, 0.29) is 5.56 Å². The van der Waals surface area contributed by atoms with E-state index in [2.05, 4.69) is 31.5 Å². The monoisotopic (exact) mass is 477 g/mol. The van der Waals surface area contributed by atoms with Gasteiger partial charge in [0.05, 0.1) is 17.4 Å². The van der Waals surface area contributed by atoms with Gasteiger partial charge in [-0.15, -0.1) is 0 Å². The number of nitriles is 1. The topological polar surface area (TPSA) is 124 Å². The molecule has 3 aromatic heterocycles. The molecule has 0 spiro atoms. The minimum atomic E-state index is -3.18. The summed E-state index contributed by atoms with van der Waals surface area (Å²) in [5, 5.41) is 15.4. The molecule has 1 saturated heterocycles. The summed E-state index contributed by atoms with van der Waals surface area (Å²) in [6, 6.07) is 7.86. The maximum absolute atomic E-state index is 13.6. The van der Waals surface area contributed by atoms with Crippen LogP contribution in [0.15, 0.2) is 48.0 Å². The van der Waals surface area contributed by atoms with Crippen molar-refractivity contribution in [1.29, 1.82) is 5.26 Å². The normalized spacial score (nSPS) is 14.6. The molecule has 3 aromatic rings. The summed E-state index contributed by atoms with van der Waals surface area (Å²) in [5.41, 5.74) is 1.39. The van der Waals surface area contributed by atoms with Crippen molar-refractivity contribution in [3.8, 4) is 17.2 Å². The fraction of sp³-hybridized carbons (Fsp3) is 0.292. The molecule has 4 heterocycles. The van der Waals surface area contributed by atoms with E-state index in [9.17, 15) is 23.7 Å². The molecule has 1 aliphatic rings. The van der Waals surface area contributed by atoms with Gasteiger partial charge in [0.15, 0.2) is 0 Å². The van der Waals surface area contributed by atoms with Gasteiger partial charge in [-0.05, 0) is 38.1 Å². The first-order valence-corrected chi connectivity index (χ1v) is 10.7. The van der Waals surface area contributed by atoms with E-state index in [0.29, 0.717) is 53.9 Å². The number of pyridine rings is 3. The number of anilines is 2. The number of halogens is 2. The number of aryl methyl sites for hydroxylation is 1. The third kappa shape index (κ3) is 4.82. The van der Waals surface area contributed by atoms with Crippen molar-refractivity contribution in [3.63, 3.8) is 0 Å². The molecule has 178 valence electrons. The quantitative estimate of drug-likeness (QED) is 0.521. The van der Waals surface area contributed by atoms with Gasteiger partial charge in [-0.3, -0.25) is 14.8 Å². The van der Waals surface area contributed by atoms with Crippen molar-refractivity contribution >= 4 is 17.4 Å². The average molecular weight is 477 g/mol. The maximum atomic E-state index is 13.6. The van der Waals surface area contributed by atoms with E-state index in [1.54, 1.807) is 32.2 Å². The minimum Gasteiger partial charge on any atom is -0.350 e. The van der Waals surface area contributed by atoms with Crippen LogP contribution in [0.3, 0.4) is 0 Å². The Morgan fingerprint density at radius 1 is 1.23 bits per heavy atom. The molecule has 1 amide bonds. The Morgan fingerprint density at radius 3 is 2.63 bits per heavy atom. The van der Waals surface area contributed by atoms with Crippen LogP contribution in [0.2, 0.25) is 0 Å². The molecule has 0 bridgehead atoms. The molecule has 0 atom stereocenters. The van der Waals surface area contributed by atoms with E-state index in [4.69, 9.17) is 0 Å². The molecular formula is C24H21F2N7O2. The number of hydrogen-bond donors (Lipinski definition) is 1. The van der Waals surface area contributed by atoms with Crippen LogP contribution in [0.5, 0.6) is 0 Å². The van der Waals surface area contributed by atoms with Gasteiger partial charge in [0, 0.05) is 54.8 Å². The second kappa shape index (κ2) is 8.79. The summed E-state index contributed by atoms with van der Waals surface area (Å²) in [4.78, 5) is 37.8. The number of alkyl halides is 2. The molecule has 0 radical (unpaired) electrons. The van der Waals surface area contributed by atoms with Gasteiger partial charge in [0.1, 0.15) is 23.1 Å². The van der Waals surface area contributed by atoms with E-state index >= 15 is 0 Å². The number of hydrogen-bond acceptors (Lipinski definition) is 8. The zero-order valence-corrected chi connectivity index (χ0v) is 19.2. The number of rotatable bonds is 6. The fourth-order valence-corrected chi connectivity index (χ4v) is 3.83. The predicted molar refractivity (Wildman–Crippen MR) is 125 cm³/mol. The zero-order chi connectivity index (χ0) is 25.4. The summed E-state index contributed by atoms with van der Waals surface area (Å²) >= 11 is 0. The lowest BCUT2D eigenvalue weighted by Gasteiger charge is -2.43. The summed E-state index contributed by atoms with van der Waals surface area (Å²) in [6.07, 6.45) is 4.20. The SMILES string of the molecule is Cc1ncc(NC(=O)c2ccnc(C(C)(F)F)c2)cc1-c1cnc(N2CC(C)(N=O)C2)c(C#N)c1. The Balaban J connectivity index is 1.59. The van der Waals surface area contributed by atoms with Gasteiger partial charge < -0.3 is 10.2 Å². The number of nitrogens with zero attached hydrogens (tertiary/aromatic N) is 6. The second-order valence-corrected chi connectivity index (χ2v) is 8.78. The van der Waals surface area contributed by atoms with Crippen LogP contribution < -0.4 is 10.2 Å². The highest BCUT2D eigenvalue weighted by atomic mass is 19.3. The summed E-state index contributed by atoms with van der Waals surface area (Å²) < 4.78 is 27.2. The van der Waals surface area contributed by atoms with Gasteiger partial charge in [-0.2, -0.15) is 18.9 Å². The lowest BCUT2D eigenvalue weighted by Crippen LogP contribution is -2.59. The second-order valence-electron chi connectivity index (χ2n) is 8.78. The largest absolute Gasteiger partial charge is 0.350 e. The first kappa shape index (κ1) is 23.8. The fourth-order valence-electron chi connectivity index (χ4n) is 3.83. The Morgan fingerprint density at radius 2 is 1.97 bits per heavy atom. The molecular weight excluding hydrogens is 456 g/mol. The van der Waals surface area contributed by atoms with Crippen LogP contribution >= 0.6 is 0 Å². The number of carbonyl (C=O) groups excluding carboxylic acids is 1. The third-order valence-electron chi connectivity index (χ3n) is 5.70. The van der Waals surface area contributed by atoms with Crippen molar-refractivity contribution in [3.05, 3.63) is 70.3 Å². The van der Waals surface area contributed by atoms with E-state index in [1.165, 1.54) is 12.3 Å². The molecule has 35 heavy (non-hydrogen) atoms. The summed E-state index contributed by atoms with van der Waals surface area (Å²) in [7, 11) is 0. The Kier molecular flexibility index (Phi) is 5.98. The lowest BCUT2D eigenvalue weighted by atomic mass is 9.93. The highest BCUT2D eigenvalue weighted by Crippen LogP contribution is 2.33. The van der Waals surface area contributed by atoms with Crippen molar-refractivity contribution in [2.75, 3.05) is 23.3 Å². The minimum absolute atomic E-state index is 0.0304. The number of amides is 1. The van der Waals surface area contributed by atoms with Crippen LogP contribution in [0.4, 0.5) is 20.3 Å². The molecule has 0 aromatic carbocycles. The van der Waals surface area contributed by atoms with E-state index in [1.807, 2.05) is 4.90 Å². The van der Waals surface area contributed by atoms with Crippen molar-refractivity contribution < 1.29 is 13.6 Å². The van der Waals surface area contributed by atoms with Gasteiger partial charge in [0.2, 0.25) is 0 Å². The molecule has 0 aliphatic carbocycles. The molecule has 11 heteroatoms. The number of aromatic nitrogens is 3. The lowest BCUT2D eigenvalue weighted by molar-refractivity contribution is 0.0127. The van der Waals surface area contributed by atoms with Gasteiger partial charge in [-0.1, -0.05) is 5.18 Å². The molecule has 1 N–H and O–H groups in total. The summed E-state index contributed by atoms with van der Waals surface area (Å²) in [5.74, 6) is -3.30. The van der Waals surface area contributed by atoms with Crippen molar-refractivity contribution in [2.24, 2.45) is 5.18 Å². The smallest absolute Gasteiger partial charge is 0.286 e. The van der Waals surface area contributed by atoms with Gasteiger partial charge in [0.25, 0.3) is 11.8 Å². The molecule has 9 nitrogen and oxygen atoms in total. The zero-order valence-electron chi connectivity index (χ0n) is 19.2. The number of nitrogens with one attached hydrogen (secondary N) is 1. The molecule has 4 rings (SSSR count). The van der Waals surface area contributed by atoms with E-state index in [0.717, 1.165) is 12.3 Å². The van der Waals surface area contributed by atoms with Gasteiger partial charge >= 0.3 is 0 Å². The molecule has 1 aliphatic heterocycles. The predicted octanol–water partition coefficient (Wildman–Crippen LogP) is 4.43. The molecule has 1 fully saturated rings. The van der Waals surface area contributed by atoms with Crippen molar-refractivity contribution in [1.82, 2.24) is 15.0 Å². The highest BCUT2D eigenvalue weighted by molar-refractivity contribution is 6.04. The van der Waals surface area contributed by atoms with Crippen LogP contribution in [-0.4, -0.2) is 39.5 Å². The first-order valence-electron chi connectivity index (χ1n) is 10.7. The highest BCUT2D eigenvalue weighted by Gasteiger charge is 2.42. The Bertz CT molecular complexity index is 1360. The van der Waals surface area contributed by atoms with Crippen LogP contribution in [0.25, 0.3) is 11.1 Å². The van der Waals surface area contributed by atoms with Gasteiger partial charge in [-0.25, -0.2) is 4.98 Å².